The molecule has 0 radical (unpaired) electrons. The molecule has 1 aliphatic rings. The summed E-state index contributed by atoms with van der Waals surface area (Å²) in [5.74, 6) is 2.53. The number of imidazole rings is 1. The van der Waals surface area contributed by atoms with Crippen molar-refractivity contribution in [2.24, 2.45) is 5.92 Å². The average Bonchev–Trinajstić information content (AvgIpc) is 2.65. The lowest BCUT2D eigenvalue weighted by atomic mass is 10.0. The number of hydrogen-bond donors (Lipinski definition) is 0. The van der Waals surface area contributed by atoms with Crippen LogP contribution in [-0.2, 0) is 6.42 Å². The van der Waals surface area contributed by atoms with E-state index in [2.05, 4.69) is 38.5 Å². The Hall–Kier alpha value is -0.610. The third-order valence-electron chi connectivity index (χ3n) is 4.48. The highest BCUT2D eigenvalue weighted by Gasteiger charge is 2.23. The van der Waals surface area contributed by atoms with Gasteiger partial charge < -0.3 is 4.57 Å². The summed E-state index contributed by atoms with van der Waals surface area (Å²) in [6, 6.07) is 2.57. The summed E-state index contributed by atoms with van der Waals surface area (Å²) in [6.45, 7) is 2.36. The summed E-state index contributed by atoms with van der Waals surface area (Å²) >= 11 is 9.46. The number of rotatable bonds is 3. The number of halogens is 2. The Balaban J connectivity index is 2.03. The largest absolute Gasteiger partial charge is 0.310 e. The van der Waals surface area contributed by atoms with E-state index in [0.29, 0.717) is 11.9 Å². The number of nitrogens with zero attached hydrogens (tertiary/aromatic N) is 3. The molecule has 2 aromatic heterocycles. The van der Waals surface area contributed by atoms with Gasteiger partial charge in [-0.05, 0) is 47.2 Å². The van der Waals surface area contributed by atoms with Gasteiger partial charge in [0.05, 0.1) is 0 Å². The molecule has 1 fully saturated rings. The molecule has 0 saturated heterocycles. The molecule has 21 heavy (non-hydrogen) atoms. The summed E-state index contributed by atoms with van der Waals surface area (Å²) in [5, 5.41) is 0. The third-order valence-corrected chi connectivity index (χ3v) is 5.10. The third kappa shape index (κ3) is 3.26. The van der Waals surface area contributed by atoms with Gasteiger partial charge in [0, 0.05) is 29.0 Å². The van der Waals surface area contributed by atoms with E-state index in [-0.39, 0.29) is 0 Å². The van der Waals surface area contributed by atoms with Crippen LogP contribution in [0.5, 0.6) is 0 Å². The van der Waals surface area contributed by atoms with Gasteiger partial charge in [-0.2, -0.15) is 0 Å². The molecule has 114 valence electrons. The van der Waals surface area contributed by atoms with Crippen LogP contribution in [0.4, 0.5) is 0 Å². The Bertz CT molecular complexity index is 625. The van der Waals surface area contributed by atoms with Crippen molar-refractivity contribution in [1.82, 2.24) is 14.5 Å². The topological polar surface area (TPSA) is 30.7 Å². The van der Waals surface area contributed by atoms with Crippen LogP contribution in [0.2, 0.25) is 0 Å². The van der Waals surface area contributed by atoms with E-state index in [0.717, 1.165) is 33.8 Å². The predicted octanol–water partition coefficient (Wildman–Crippen LogP) is 5.12. The second kappa shape index (κ2) is 6.66. The molecular weight excluding hydrogens is 350 g/mol. The molecular formula is C16H21BrClN3. The summed E-state index contributed by atoms with van der Waals surface area (Å²) in [4.78, 5) is 9.39. The molecule has 5 heteroatoms. The lowest BCUT2D eigenvalue weighted by molar-refractivity contribution is 0.429. The highest BCUT2D eigenvalue weighted by atomic mass is 79.9. The van der Waals surface area contributed by atoms with Gasteiger partial charge in [-0.3, -0.25) is 0 Å². The minimum absolute atomic E-state index is 0.520. The van der Waals surface area contributed by atoms with Crippen LogP contribution in [-0.4, -0.2) is 20.4 Å². The zero-order valence-electron chi connectivity index (χ0n) is 12.4. The second-order valence-electron chi connectivity index (χ2n) is 6.10. The van der Waals surface area contributed by atoms with Crippen LogP contribution in [0.1, 0.15) is 50.9 Å². The molecule has 0 amide bonds. The van der Waals surface area contributed by atoms with Gasteiger partial charge in [-0.25, -0.2) is 9.97 Å². The van der Waals surface area contributed by atoms with Gasteiger partial charge >= 0.3 is 0 Å². The van der Waals surface area contributed by atoms with Crippen LogP contribution in [0, 0.1) is 5.92 Å². The maximum absolute atomic E-state index is 5.98. The fourth-order valence-electron chi connectivity index (χ4n) is 3.37. The molecule has 3 nitrogen and oxygen atoms in total. The molecule has 2 atom stereocenters. The van der Waals surface area contributed by atoms with E-state index < -0.39 is 0 Å². The first-order valence-corrected chi connectivity index (χ1v) is 9.10. The van der Waals surface area contributed by atoms with Gasteiger partial charge in [0.15, 0.2) is 5.65 Å². The summed E-state index contributed by atoms with van der Waals surface area (Å²) in [6.07, 6.45) is 9.05. The molecule has 0 N–H and O–H groups in total. The van der Waals surface area contributed by atoms with Crippen LogP contribution in [0.15, 0.2) is 16.7 Å². The molecule has 0 aliphatic heterocycles. The zero-order chi connectivity index (χ0) is 14.8. The van der Waals surface area contributed by atoms with Crippen LogP contribution < -0.4 is 0 Å². The predicted molar refractivity (Wildman–Crippen MR) is 90.9 cm³/mol. The minimum atomic E-state index is 0.520. The number of alkyl halides is 1. The van der Waals surface area contributed by atoms with Crippen molar-refractivity contribution in [2.75, 3.05) is 5.88 Å². The summed E-state index contributed by atoms with van der Waals surface area (Å²) in [5.41, 5.74) is 1.99. The van der Waals surface area contributed by atoms with Gasteiger partial charge in [-0.15, -0.1) is 11.6 Å². The number of fused-ring (bicyclic) bond motifs is 1. The molecule has 1 saturated carbocycles. The van der Waals surface area contributed by atoms with Crippen molar-refractivity contribution in [2.45, 2.75) is 51.5 Å². The first-order chi connectivity index (χ1) is 10.2. The van der Waals surface area contributed by atoms with Crippen molar-refractivity contribution < 1.29 is 0 Å². The normalized spacial score (nSPS) is 23.4. The smallest absolute Gasteiger partial charge is 0.160 e. The maximum Gasteiger partial charge on any atom is 0.160 e. The van der Waals surface area contributed by atoms with Crippen molar-refractivity contribution in [3.63, 3.8) is 0 Å². The van der Waals surface area contributed by atoms with E-state index in [1.165, 1.54) is 32.1 Å². The highest BCUT2D eigenvalue weighted by molar-refractivity contribution is 9.10. The number of aromatic nitrogens is 3. The molecule has 2 aromatic rings. The maximum atomic E-state index is 5.98. The quantitative estimate of drug-likeness (QED) is 0.555. The average molecular weight is 371 g/mol. The Kier molecular flexibility index (Phi) is 4.85. The van der Waals surface area contributed by atoms with E-state index in [1.807, 2.05) is 6.20 Å². The van der Waals surface area contributed by atoms with Gasteiger partial charge in [0.2, 0.25) is 0 Å². The molecule has 2 unspecified atom stereocenters. The first kappa shape index (κ1) is 15.3. The van der Waals surface area contributed by atoms with Crippen molar-refractivity contribution in [3.05, 3.63) is 22.6 Å². The Labute approximate surface area is 139 Å². The van der Waals surface area contributed by atoms with E-state index in [1.54, 1.807) is 0 Å². The Morgan fingerprint density at radius 3 is 3.00 bits per heavy atom. The minimum Gasteiger partial charge on any atom is -0.310 e. The van der Waals surface area contributed by atoms with Gasteiger partial charge in [0.1, 0.15) is 11.3 Å². The lowest BCUT2D eigenvalue weighted by Crippen LogP contribution is -2.13. The van der Waals surface area contributed by atoms with Crippen molar-refractivity contribution in [1.29, 1.82) is 0 Å². The summed E-state index contributed by atoms with van der Waals surface area (Å²) < 4.78 is 3.34. The van der Waals surface area contributed by atoms with Crippen molar-refractivity contribution in [3.8, 4) is 0 Å². The SMILES string of the molecule is CC1CCCC(n2c(CCCl)nc3cc(Br)cnc32)CC1. The summed E-state index contributed by atoms with van der Waals surface area (Å²) in [7, 11) is 0. The highest BCUT2D eigenvalue weighted by Crippen LogP contribution is 2.33. The number of aryl methyl sites for hydroxylation is 1. The molecule has 1 aliphatic carbocycles. The fraction of sp³-hybridized carbons (Fsp3) is 0.625. The molecule has 2 heterocycles. The van der Waals surface area contributed by atoms with Gasteiger partial charge in [0.25, 0.3) is 0 Å². The van der Waals surface area contributed by atoms with Crippen LogP contribution in [0.25, 0.3) is 11.2 Å². The monoisotopic (exact) mass is 369 g/mol. The Morgan fingerprint density at radius 2 is 2.19 bits per heavy atom. The Morgan fingerprint density at radius 1 is 1.33 bits per heavy atom. The number of hydrogen-bond acceptors (Lipinski definition) is 2. The van der Waals surface area contributed by atoms with Crippen LogP contribution in [0.3, 0.4) is 0 Å². The van der Waals surface area contributed by atoms with E-state index in [4.69, 9.17) is 16.6 Å². The van der Waals surface area contributed by atoms with Crippen LogP contribution >= 0.6 is 27.5 Å². The standard InChI is InChI=1S/C16H21BrClN3/c1-11-3-2-4-13(6-5-11)21-15(7-8-18)20-14-9-12(17)10-19-16(14)21/h9-11,13H,2-8H2,1H3. The zero-order valence-corrected chi connectivity index (χ0v) is 14.7. The second-order valence-corrected chi connectivity index (χ2v) is 7.39. The number of pyridine rings is 1. The first-order valence-electron chi connectivity index (χ1n) is 7.77. The molecule has 0 bridgehead atoms. The van der Waals surface area contributed by atoms with E-state index in [9.17, 15) is 0 Å². The van der Waals surface area contributed by atoms with Gasteiger partial charge in [-0.1, -0.05) is 19.8 Å². The lowest BCUT2D eigenvalue weighted by Gasteiger charge is -2.19. The molecule has 0 aromatic carbocycles. The van der Waals surface area contributed by atoms with E-state index >= 15 is 0 Å². The molecule has 0 spiro atoms. The van der Waals surface area contributed by atoms with Crippen molar-refractivity contribution >= 4 is 38.7 Å². The molecule has 3 rings (SSSR count). The fourth-order valence-corrected chi connectivity index (χ4v) is 3.86.